The van der Waals surface area contributed by atoms with Crippen LogP contribution in [0.25, 0.3) is 11.3 Å². The van der Waals surface area contributed by atoms with Crippen molar-refractivity contribution in [2.75, 3.05) is 12.4 Å². The second kappa shape index (κ2) is 8.66. The van der Waals surface area contributed by atoms with Crippen molar-refractivity contribution in [2.24, 2.45) is 0 Å². The Morgan fingerprint density at radius 1 is 1.00 bits per heavy atom. The van der Waals surface area contributed by atoms with Gasteiger partial charge in [-0.1, -0.05) is 66.7 Å². The maximum atomic E-state index is 13.2. The molecule has 0 aliphatic heterocycles. The highest BCUT2D eigenvalue weighted by atomic mass is 16.5. The summed E-state index contributed by atoms with van der Waals surface area (Å²) in [7, 11) is 1.59. The van der Waals surface area contributed by atoms with Crippen LogP contribution in [-0.4, -0.2) is 22.8 Å². The number of nitrogens with one attached hydrogen (secondary N) is 1. The molecule has 5 heteroatoms. The number of rotatable bonds is 6. The zero-order chi connectivity index (χ0) is 20.9. The van der Waals surface area contributed by atoms with Gasteiger partial charge in [0.25, 0.3) is 5.91 Å². The minimum absolute atomic E-state index is 0.225. The first-order valence-electron chi connectivity index (χ1n) is 9.77. The lowest BCUT2D eigenvalue weighted by Crippen LogP contribution is -2.13. The molecule has 1 amide bonds. The highest BCUT2D eigenvalue weighted by molar-refractivity contribution is 6.08. The van der Waals surface area contributed by atoms with Crippen LogP contribution in [0.4, 0.5) is 5.69 Å². The molecule has 0 atom stereocenters. The summed E-state index contributed by atoms with van der Waals surface area (Å²) in [6.07, 6.45) is 1.80. The van der Waals surface area contributed by atoms with Gasteiger partial charge in [0, 0.05) is 11.8 Å². The first-order valence-corrected chi connectivity index (χ1v) is 9.77. The normalized spacial score (nSPS) is 10.6. The van der Waals surface area contributed by atoms with E-state index in [9.17, 15) is 4.79 Å². The van der Waals surface area contributed by atoms with Gasteiger partial charge in [0.2, 0.25) is 0 Å². The van der Waals surface area contributed by atoms with Crippen molar-refractivity contribution in [1.29, 1.82) is 0 Å². The molecule has 4 aromatic rings. The summed E-state index contributed by atoms with van der Waals surface area (Å²) in [5.74, 6) is 0.393. The summed E-state index contributed by atoms with van der Waals surface area (Å²) in [4.78, 5) is 13.2. The van der Waals surface area contributed by atoms with E-state index in [2.05, 4.69) is 5.32 Å². The zero-order valence-electron chi connectivity index (χ0n) is 17.0. The van der Waals surface area contributed by atoms with Crippen molar-refractivity contribution in [3.8, 4) is 17.0 Å². The van der Waals surface area contributed by atoms with Crippen molar-refractivity contribution in [2.45, 2.75) is 13.5 Å². The topological polar surface area (TPSA) is 56.1 Å². The van der Waals surface area contributed by atoms with E-state index in [0.717, 1.165) is 16.7 Å². The fourth-order valence-electron chi connectivity index (χ4n) is 3.36. The van der Waals surface area contributed by atoms with Gasteiger partial charge in [0.1, 0.15) is 11.4 Å². The number of anilines is 1. The molecule has 1 N–H and O–H groups in total. The van der Waals surface area contributed by atoms with Crippen LogP contribution in [0.5, 0.6) is 5.75 Å². The fraction of sp³-hybridized carbons (Fsp3) is 0.120. The second-order valence-electron chi connectivity index (χ2n) is 7.10. The Bertz CT molecular complexity index is 1150. The predicted octanol–water partition coefficient (Wildman–Crippen LogP) is 5.17. The predicted molar refractivity (Wildman–Crippen MR) is 119 cm³/mol. The van der Waals surface area contributed by atoms with Crippen molar-refractivity contribution < 1.29 is 9.53 Å². The lowest BCUT2D eigenvalue weighted by molar-refractivity contribution is 0.102. The molecule has 0 saturated heterocycles. The molecular formula is C25H23N3O2. The van der Waals surface area contributed by atoms with Crippen molar-refractivity contribution in [3.05, 3.63) is 102 Å². The SMILES string of the molecule is COc1ccc(C)cc1NC(=O)c1cn(Cc2ccccc2)nc1-c1ccccc1. The number of carbonyl (C=O) groups excluding carboxylic acids is 1. The van der Waals surface area contributed by atoms with Crippen molar-refractivity contribution in [1.82, 2.24) is 9.78 Å². The number of carbonyl (C=O) groups is 1. The molecule has 1 heterocycles. The molecule has 0 unspecified atom stereocenters. The van der Waals surface area contributed by atoms with E-state index in [-0.39, 0.29) is 5.91 Å². The summed E-state index contributed by atoms with van der Waals surface area (Å²) < 4.78 is 7.21. The Morgan fingerprint density at radius 2 is 1.70 bits per heavy atom. The van der Waals surface area contributed by atoms with Crippen LogP contribution in [-0.2, 0) is 6.54 Å². The molecule has 30 heavy (non-hydrogen) atoms. The standard InChI is InChI=1S/C25H23N3O2/c1-18-13-14-23(30-2)22(15-18)26-25(29)21-17-28(16-19-9-5-3-6-10-19)27-24(21)20-11-7-4-8-12-20/h3-15,17H,16H2,1-2H3,(H,26,29). The fourth-order valence-corrected chi connectivity index (χ4v) is 3.36. The van der Waals surface area contributed by atoms with Gasteiger partial charge >= 0.3 is 0 Å². The third-order valence-electron chi connectivity index (χ3n) is 4.84. The van der Waals surface area contributed by atoms with Gasteiger partial charge in [0.15, 0.2) is 0 Å². The van der Waals surface area contributed by atoms with E-state index in [1.54, 1.807) is 18.0 Å². The Hall–Kier alpha value is -3.86. The highest BCUT2D eigenvalue weighted by Crippen LogP contribution is 2.28. The summed E-state index contributed by atoms with van der Waals surface area (Å²) >= 11 is 0. The molecule has 4 rings (SSSR count). The van der Waals surface area contributed by atoms with E-state index in [1.165, 1.54) is 0 Å². The number of ether oxygens (including phenoxy) is 1. The largest absolute Gasteiger partial charge is 0.495 e. The minimum Gasteiger partial charge on any atom is -0.495 e. The number of methoxy groups -OCH3 is 1. The maximum Gasteiger partial charge on any atom is 0.259 e. The van der Waals surface area contributed by atoms with E-state index in [4.69, 9.17) is 9.84 Å². The van der Waals surface area contributed by atoms with E-state index in [0.29, 0.717) is 29.2 Å². The summed E-state index contributed by atoms with van der Waals surface area (Å²) in [6, 6.07) is 25.5. The van der Waals surface area contributed by atoms with Crippen molar-refractivity contribution >= 4 is 11.6 Å². The van der Waals surface area contributed by atoms with Gasteiger partial charge in [-0.25, -0.2) is 0 Å². The van der Waals surface area contributed by atoms with Crippen LogP contribution >= 0.6 is 0 Å². The van der Waals surface area contributed by atoms with Gasteiger partial charge < -0.3 is 10.1 Å². The number of benzene rings is 3. The van der Waals surface area contributed by atoms with E-state index in [1.807, 2.05) is 85.8 Å². The molecular weight excluding hydrogens is 374 g/mol. The summed E-state index contributed by atoms with van der Waals surface area (Å²) in [5, 5.41) is 7.71. The summed E-state index contributed by atoms with van der Waals surface area (Å²) in [5.41, 5.74) is 4.85. The van der Waals surface area contributed by atoms with Gasteiger partial charge in [-0.3, -0.25) is 9.48 Å². The number of hydrogen-bond donors (Lipinski definition) is 1. The summed E-state index contributed by atoms with van der Waals surface area (Å²) in [6.45, 7) is 2.56. The molecule has 1 aromatic heterocycles. The Kier molecular flexibility index (Phi) is 5.61. The average molecular weight is 397 g/mol. The van der Waals surface area contributed by atoms with Gasteiger partial charge in [-0.15, -0.1) is 0 Å². The van der Waals surface area contributed by atoms with Crippen LogP contribution in [0.1, 0.15) is 21.5 Å². The molecule has 0 radical (unpaired) electrons. The van der Waals surface area contributed by atoms with Crippen LogP contribution < -0.4 is 10.1 Å². The van der Waals surface area contributed by atoms with Crippen LogP contribution in [0, 0.1) is 6.92 Å². The van der Waals surface area contributed by atoms with Crippen molar-refractivity contribution in [3.63, 3.8) is 0 Å². The lowest BCUT2D eigenvalue weighted by atomic mass is 10.1. The molecule has 0 spiro atoms. The number of aromatic nitrogens is 2. The quantitative estimate of drug-likeness (QED) is 0.488. The van der Waals surface area contributed by atoms with Crippen LogP contribution in [0.15, 0.2) is 85.1 Å². The number of aryl methyl sites for hydroxylation is 1. The minimum atomic E-state index is -0.225. The third-order valence-corrected chi connectivity index (χ3v) is 4.84. The number of hydrogen-bond acceptors (Lipinski definition) is 3. The van der Waals surface area contributed by atoms with Gasteiger partial charge in [-0.05, 0) is 30.2 Å². The van der Waals surface area contributed by atoms with Crippen LogP contribution in [0.3, 0.4) is 0 Å². The molecule has 0 fully saturated rings. The molecule has 0 aliphatic rings. The smallest absolute Gasteiger partial charge is 0.259 e. The molecule has 0 bridgehead atoms. The van der Waals surface area contributed by atoms with E-state index < -0.39 is 0 Å². The zero-order valence-corrected chi connectivity index (χ0v) is 17.0. The second-order valence-corrected chi connectivity index (χ2v) is 7.10. The number of nitrogens with zero attached hydrogens (tertiary/aromatic N) is 2. The molecule has 3 aromatic carbocycles. The Morgan fingerprint density at radius 3 is 2.40 bits per heavy atom. The Labute approximate surface area is 175 Å². The van der Waals surface area contributed by atoms with E-state index >= 15 is 0 Å². The first kappa shape index (κ1) is 19.5. The highest BCUT2D eigenvalue weighted by Gasteiger charge is 2.19. The van der Waals surface area contributed by atoms with Gasteiger partial charge in [-0.2, -0.15) is 5.10 Å². The molecule has 0 aliphatic carbocycles. The molecule has 150 valence electrons. The molecule has 0 saturated carbocycles. The monoisotopic (exact) mass is 397 g/mol. The first-order chi connectivity index (χ1) is 14.6. The number of amides is 1. The lowest BCUT2D eigenvalue weighted by Gasteiger charge is -2.11. The van der Waals surface area contributed by atoms with Crippen LogP contribution in [0.2, 0.25) is 0 Å². The third kappa shape index (κ3) is 4.25. The Balaban J connectivity index is 1.70. The molecule has 5 nitrogen and oxygen atoms in total. The maximum absolute atomic E-state index is 13.2. The van der Waals surface area contributed by atoms with Gasteiger partial charge in [0.05, 0.1) is 24.9 Å². The average Bonchev–Trinajstić information content (AvgIpc) is 3.19.